The first kappa shape index (κ1) is 20.3. The summed E-state index contributed by atoms with van der Waals surface area (Å²) in [6.45, 7) is 5.37. The third-order valence-corrected chi connectivity index (χ3v) is 2.53. The zero-order valence-electron chi connectivity index (χ0n) is 13.3. The Labute approximate surface area is 130 Å². The molecule has 0 rings (SSSR count). The number of esters is 3. The molecule has 128 valence electrons. The monoisotopic (exact) mass is 319 g/mol. The number of nitrogens with zero attached hydrogens (tertiary/aromatic N) is 1. The van der Waals surface area contributed by atoms with Gasteiger partial charge in [-0.1, -0.05) is 0 Å². The Kier molecular flexibility index (Phi) is 12.0. The van der Waals surface area contributed by atoms with Crippen LogP contribution in [0.2, 0.25) is 0 Å². The molecule has 0 saturated heterocycles. The van der Waals surface area contributed by atoms with Gasteiger partial charge in [0.1, 0.15) is 13.5 Å². The molecule has 22 heavy (non-hydrogen) atoms. The summed E-state index contributed by atoms with van der Waals surface area (Å²) < 4.78 is 14.2. The lowest BCUT2D eigenvalue weighted by Crippen LogP contribution is -2.40. The molecule has 0 aliphatic carbocycles. The van der Waals surface area contributed by atoms with E-state index in [2.05, 4.69) is 15.4 Å². The van der Waals surface area contributed by atoms with E-state index >= 15 is 0 Å². The molecule has 9 heteroatoms. The Bertz CT molecular complexity index is 351. The van der Waals surface area contributed by atoms with E-state index in [9.17, 15) is 14.4 Å². The highest BCUT2D eigenvalue weighted by Gasteiger charge is 2.07. The smallest absolute Gasteiger partial charge is 0.319 e. The van der Waals surface area contributed by atoms with Crippen molar-refractivity contribution >= 4 is 17.9 Å². The molecule has 0 unspecified atom stereocenters. The number of methoxy groups -OCH3 is 1. The molecule has 0 spiro atoms. The zero-order chi connectivity index (χ0) is 16.8. The summed E-state index contributed by atoms with van der Waals surface area (Å²) in [5, 5.41) is 5.86. The van der Waals surface area contributed by atoms with E-state index in [4.69, 9.17) is 9.47 Å². The van der Waals surface area contributed by atoms with Gasteiger partial charge in [0.05, 0.1) is 13.7 Å². The van der Waals surface area contributed by atoms with E-state index in [1.165, 1.54) is 21.0 Å². The van der Waals surface area contributed by atoms with Crippen LogP contribution in [-0.4, -0.2) is 76.1 Å². The number of carbonyl (C=O) groups is 3. The lowest BCUT2D eigenvalue weighted by molar-refractivity contribution is -0.146. The normalized spacial score (nSPS) is 10.4. The average molecular weight is 319 g/mol. The molecule has 9 nitrogen and oxygen atoms in total. The summed E-state index contributed by atoms with van der Waals surface area (Å²) in [6.07, 6.45) is 0. The first-order chi connectivity index (χ1) is 10.5. The van der Waals surface area contributed by atoms with Crippen LogP contribution in [0.15, 0.2) is 0 Å². The highest BCUT2D eigenvalue weighted by molar-refractivity contribution is 5.71. The Morgan fingerprint density at radius 3 is 2.09 bits per heavy atom. The summed E-state index contributed by atoms with van der Waals surface area (Å²) in [5.41, 5.74) is 0. The molecule has 0 aromatic carbocycles. The van der Waals surface area contributed by atoms with Crippen molar-refractivity contribution in [2.45, 2.75) is 13.8 Å². The Morgan fingerprint density at radius 2 is 1.55 bits per heavy atom. The number of nitrogens with one attached hydrogen (secondary N) is 2. The molecular formula is C13H25N3O6. The maximum absolute atomic E-state index is 11.0. The predicted octanol–water partition coefficient (Wildman–Crippen LogP) is -1.32. The minimum Gasteiger partial charge on any atom is -0.468 e. The van der Waals surface area contributed by atoms with Crippen molar-refractivity contribution < 1.29 is 28.6 Å². The number of carbonyl (C=O) groups excluding carboxylic acids is 3. The van der Waals surface area contributed by atoms with Gasteiger partial charge in [-0.15, -0.1) is 0 Å². The van der Waals surface area contributed by atoms with Crippen LogP contribution in [0.4, 0.5) is 0 Å². The van der Waals surface area contributed by atoms with Crippen LogP contribution >= 0.6 is 0 Å². The Morgan fingerprint density at radius 1 is 0.955 bits per heavy atom. The Balaban J connectivity index is 3.90. The van der Waals surface area contributed by atoms with Crippen LogP contribution in [0.1, 0.15) is 13.8 Å². The van der Waals surface area contributed by atoms with Gasteiger partial charge in [0.15, 0.2) is 0 Å². The third-order valence-electron chi connectivity index (χ3n) is 2.53. The van der Waals surface area contributed by atoms with Crippen molar-refractivity contribution in [1.82, 2.24) is 15.5 Å². The fourth-order valence-corrected chi connectivity index (χ4v) is 1.38. The van der Waals surface area contributed by atoms with Gasteiger partial charge in [0.2, 0.25) is 0 Å². The van der Waals surface area contributed by atoms with Crippen molar-refractivity contribution in [3.8, 4) is 0 Å². The van der Waals surface area contributed by atoms with E-state index < -0.39 is 0 Å². The average Bonchev–Trinajstić information content (AvgIpc) is 2.46. The SMILES string of the molecule is COC(=O)CNCCN(CCNCOC(C)=O)COC(C)=O. The molecule has 2 N–H and O–H groups in total. The third kappa shape index (κ3) is 13.3. The molecule has 0 radical (unpaired) electrons. The minimum atomic E-state index is -0.361. The number of ether oxygens (including phenoxy) is 3. The fraction of sp³-hybridized carbons (Fsp3) is 0.769. The van der Waals surface area contributed by atoms with Gasteiger partial charge in [-0.3, -0.25) is 24.6 Å². The first-order valence-corrected chi connectivity index (χ1v) is 6.93. The van der Waals surface area contributed by atoms with Crippen LogP contribution in [0, 0.1) is 0 Å². The fourth-order valence-electron chi connectivity index (χ4n) is 1.38. The van der Waals surface area contributed by atoms with E-state index in [0.717, 1.165) is 0 Å². The molecule has 0 aromatic rings. The summed E-state index contributed by atoms with van der Waals surface area (Å²) in [6, 6.07) is 0. The van der Waals surface area contributed by atoms with Crippen LogP contribution in [-0.2, 0) is 28.6 Å². The van der Waals surface area contributed by atoms with Gasteiger partial charge in [-0.2, -0.15) is 0 Å². The largest absolute Gasteiger partial charge is 0.468 e. The lowest BCUT2D eigenvalue weighted by Gasteiger charge is -2.21. The zero-order valence-corrected chi connectivity index (χ0v) is 13.3. The van der Waals surface area contributed by atoms with Gasteiger partial charge < -0.3 is 19.5 Å². The molecule has 0 saturated carbocycles. The van der Waals surface area contributed by atoms with Crippen molar-refractivity contribution in [3.05, 3.63) is 0 Å². The molecule has 0 fully saturated rings. The van der Waals surface area contributed by atoms with Gasteiger partial charge >= 0.3 is 17.9 Å². The summed E-state index contributed by atoms with van der Waals surface area (Å²) >= 11 is 0. The van der Waals surface area contributed by atoms with Crippen LogP contribution in [0.5, 0.6) is 0 Å². The molecular weight excluding hydrogens is 294 g/mol. The van der Waals surface area contributed by atoms with Gasteiger partial charge in [0.25, 0.3) is 0 Å². The standard InChI is InChI=1S/C13H25N3O6/c1-11(17)21-9-15-5-7-16(10-22-12(2)18)6-4-14-8-13(19)20-3/h14-15H,4-10H2,1-3H3. The molecule has 0 atom stereocenters. The molecule has 0 bridgehead atoms. The Hall–Kier alpha value is -1.71. The maximum atomic E-state index is 11.0. The van der Waals surface area contributed by atoms with E-state index in [1.807, 2.05) is 4.90 Å². The summed E-state index contributed by atoms with van der Waals surface area (Å²) in [4.78, 5) is 34.3. The second-order valence-electron chi connectivity index (χ2n) is 4.42. The summed E-state index contributed by atoms with van der Waals surface area (Å²) in [7, 11) is 1.33. The molecule has 0 heterocycles. The first-order valence-electron chi connectivity index (χ1n) is 6.93. The summed E-state index contributed by atoms with van der Waals surface area (Å²) in [5.74, 6) is -1.05. The van der Waals surface area contributed by atoms with Gasteiger partial charge in [-0.05, 0) is 0 Å². The second-order valence-corrected chi connectivity index (χ2v) is 4.42. The van der Waals surface area contributed by atoms with Gasteiger partial charge in [-0.25, -0.2) is 0 Å². The minimum absolute atomic E-state index is 0.128. The molecule has 0 aliphatic heterocycles. The van der Waals surface area contributed by atoms with Crippen LogP contribution in [0.3, 0.4) is 0 Å². The van der Waals surface area contributed by atoms with Crippen molar-refractivity contribution in [3.63, 3.8) is 0 Å². The highest BCUT2D eigenvalue weighted by atomic mass is 16.5. The van der Waals surface area contributed by atoms with E-state index in [-0.39, 0.29) is 37.9 Å². The predicted molar refractivity (Wildman–Crippen MR) is 77.7 cm³/mol. The van der Waals surface area contributed by atoms with Crippen LogP contribution < -0.4 is 10.6 Å². The second kappa shape index (κ2) is 13.0. The molecule has 0 amide bonds. The van der Waals surface area contributed by atoms with Gasteiger partial charge in [0, 0.05) is 40.0 Å². The highest BCUT2D eigenvalue weighted by Crippen LogP contribution is 1.89. The molecule has 0 aromatic heterocycles. The van der Waals surface area contributed by atoms with E-state index in [1.54, 1.807) is 0 Å². The van der Waals surface area contributed by atoms with Crippen molar-refractivity contribution in [2.75, 3.05) is 53.3 Å². The quantitative estimate of drug-likeness (QED) is 0.196. The number of hydrogen-bond acceptors (Lipinski definition) is 9. The van der Waals surface area contributed by atoms with Crippen molar-refractivity contribution in [1.29, 1.82) is 0 Å². The van der Waals surface area contributed by atoms with Crippen molar-refractivity contribution in [2.24, 2.45) is 0 Å². The lowest BCUT2D eigenvalue weighted by atomic mass is 10.4. The molecule has 0 aliphatic rings. The number of rotatable bonds is 12. The maximum Gasteiger partial charge on any atom is 0.319 e. The topological polar surface area (TPSA) is 106 Å². The number of hydrogen-bond donors (Lipinski definition) is 2. The van der Waals surface area contributed by atoms with Crippen LogP contribution in [0.25, 0.3) is 0 Å². The van der Waals surface area contributed by atoms with E-state index in [0.29, 0.717) is 26.2 Å².